The zero-order chi connectivity index (χ0) is 28.6. The number of nitrogens with two attached hydrogens (primary N) is 1. The lowest BCUT2D eigenvalue weighted by Crippen LogP contribution is -2.58. The Labute approximate surface area is 242 Å². The van der Waals surface area contributed by atoms with Gasteiger partial charge in [0, 0.05) is 55.3 Å². The Bertz CT molecular complexity index is 1690. The smallest absolute Gasteiger partial charge is 0.228 e. The average molecular weight is 575 g/mol. The van der Waals surface area contributed by atoms with Crippen molar-refractivity contribution >= 4 is 51.0 Å². The van der Waals surface area contributed by atoms with E-state index in [1.807, 2.05) is 43.3 Å². The number of nitrogens with one attached hydrogen (secondary N) is 1. The lowest BCUT2D eigenvalue weighted by Gasteiger charge is -2.44. The predicted octanol–water partition coefficient (Wildman–Crippen LogP) is 4.24. The first-order valence-corrected chi connectivity index (χ1v) is 14.3. The standard InChI is InChI=1S/C30H32ClFN8O/c1-37(2)19-14-39(15-19)30-35-27-23(28(36-30)38-12-17-7-8-18(13-38)40(17)29(33)34)11-24(31)25(26(27)32)22-10-20(41)9-16-5-3-4-6-21(16)22/h3-6,9-11,17-19,41H,7-8,12-15H2,1-2H3,(H3,33,34)/t17-,18+. The van der Waals surface area contributed by atoms with E-state index in [1.54, 1.807) is 18.2 Å². The normalized spacial score (nSPS) is 20.9. The highest BCUT2D eigenvalue weighted by Gasteiger charge is 2.42. The molecule has 3 aliphatic heterocycles. The highest BCUT2D eigenvalue weighted by molar-refractivity contribution is 6.35. The minimum absolute atomic E-state index is 0.0347. The zero-order valence-electron chi connectivity index (χ0n) is 23.0. The van der Waals surface area contributed by atoms with Crippen LogP contribution in [0.5, 0.6) is 5.75 Å². The Morgan fingerprint density at radius 2 is 1.73 bits per heavy atom. The minimum atomic E-state index is -0.539. The number of aromatic hydroxyl groups is 1. The van der Waals surface area contributed by atoms with Crippen LogP contribution in [-0.4, -0.2) is 89.2 Å². The number of anilines is 2. The van der Waals surface area contributed by atoms with Crippen LogP contribution in [0.1, 0.15) is 12.8 Å². The van der Waals surface area contributed by atoms with Crippen molar-refractivity contribution < 1.29 is 9.50 Å². The second kappa shape index (κ2) is 9.60. The molecule has 41 heavy (non-hydrogen) atoms. The maximum absolute atomic E-state index is 16.8. The monoisotopic (exact) mass is 574 g/mol. The van der Waals surface area contributed by atoms with E-state index in [4.69, 9.17) is 32.7 Å². The first-order valence-electron chi connectivity index (χ1n) is 13.9. The number of halogens is 2. The number of phenolic OH excluding ortho intramolecular Hbond substituents is 1. The predicted molar refractivity (Wildman–Crippen MR) is 162 cm³/mol. The molecule has 0 unspecified atom stereocenters. The Balaban J connectivity index is 1.40. The molecule has 3 aromatic carbocycles. The summed E-state index contributed by atoms with van der Waals surface area (Å²) in [6.45, 7) is 2.75. The third kappa shape index (κ3) is 4.19. The molecule has 3 saturated heterocycles. The van der Waals surface area contributed by atoms with Crippen molar-refractivity contribution in [3.05, 3.63) is 53.3 Å². The van der Waals surface area contributed by atoms with Gasteiger partial charge in [-0.15, -0.1) is 0 Å². The van der Waals surface area contributed by atoms with Crippen molar-refractivity contribution in [3.63, 3.8) is 0 Å². The van der Waals surface area contributed by atoms with Crippen molar-refractivity contribution in [1.29, 1.82) is 5.41 Å². The summed E-state index contributed by atoms with van der Waals surface area (Å²) in [7, 11) is 4.10. The number of aromatic nitrogens is 2. The molecule has 4 heterocycles. The van der Waals surface area contributed by atoms with E-state index in [2.05, 4.69) is 14.7 Å². The highest BCUT2D eigenvalue weighted by Crippen LogP contribution is 2.43. The minimum Gasteiger partial charge on any atom is -0.508 e. The Hall–Kier alpha value is -3.89. The van der Waals surface area contributed by atoms with E-state index in [1.165, 1.54) is 0 Å². The molecule has 0 spiro atoms. The highest BCUT2D eigenvalue weighted by atomic mass is 35.5. The van der Waals surface area contributed by atoms with Crippen LogP contribution in [0.15, 0.2) is 42.5 Å². The summed E-state index contributed by atoms with van der Waals surface area (Å²) in [5.41, 5.74) is 6.84. The molecule has 9 nitrogen and oxygen atoms in total. The van der Waals surface area contributed by atoms with Crippen molar-refractivity contribution in [1.82, 2.24) is 19.8 Å². The van der Waals surface area contributed by atoms with E-state index in [0.717, 1.165) is 36.7 Å². The molecule has 0 aliphatic carbocycles. The average Bonchev–Trinajstić information content (AvgIpc) is 3.17. The van der Waals surface area contributed by atoms with Gasteiger partial charge in [0.2, 0.25) is 5.95 Å². The fraction of sp³-hybridized carbons (Fsp3) is 0.367. The lowest BCUT2D eigenvalue weighted by atomic mass is 9.96. The number of fused-ring (bicyclic) bond motifs is 4. The van der Waals surface area contributed by atoms with Gasteiger partial charge >= 0.3 is 0 Å². The number of piperazine rings is 1. The third-order valence-corrected chi connectivity index (χ3v) is 9.20. The molecule has 2 atom stereocenters. The first kappa shape index (κ1) is 26.0. The van der Waals surface area contributed by atoms with Crippen molar-refractivity contribution in [2.24, 2.45) is 5.73 Å². The van der Waals surface area contributed by atoms with Gasteiger partial charge in [0.05, 0.1) is 5.02 Å². The van der Waals surface area contributed by atoms with E-state index in [9.17, 15) is 5.11 Å². The van der Waals surface area contributed by atoms with Gasteiger partial charge in [-0.1, -0.05) is 35.9 Å². The fourth-order valence-electron chi connectivity index (χ4n) is 6.71. The van der Waals surface area contributed by atoms with Crippen LogP contribution in [0.4, 0.5) is 16.2 Å². The van der Waals surface area contributed by atoms with Crippen LogP contribution in [0.2, 0.25) is 5.02 Å². The van der Waals surface area contributed by atoms with Crippen LogP contribution in [0.25, 0.3) is 32.8 Å². The number of phenols is 1. The first-order chi connectivity index (χ1) is 19.7. The number of likely N-dealkylation sites (N-methyl/N-ethyl adjacent to an activating group) is 1. The van der Waals surface area contributed by atoms with Gasteiger partial charge in [-0.25, -0.2) is 9.37 Å². The summed E-state index contributed by atoms with van der Waals surface area (Å²) in [5.74, 6) is 0.722. The number of benzene rings is 3. The van der Waals surface area contributed by atoms with Gasteiger partial charge in [0.25, 0.3) is 0 Å². The number of hydrogen-bond donors (Lipinski definition) is 3. The van der Waals surface area contributed by atoms with Gasteiger partial charge in [-0.2, -0.15) is 4.98 Å². The van der Waals surface area contributed by atoms with Gasteiger partial charge in [-0.3, -0.25) is 5.41 Å². The topological polar surface area (TPSA) is 109 Å². The van der Waals surface area contributed by atoms with Crippen molar-refractivity contribution in [2.75, 3.05) is 50.1 Å². The molecule has 2 bridgehead atoms. The van der Waals surface area contributed by atoms with Crippen molar-refractivity contribution in [3.8, 4) is 16.9 Å². The summed E-state index contributed by atoms with van der Waals surface area (Å²) in [6, 6.07) is 13.1. The van der Waals surface area contributed by atoms with Gasteiger partial charge in [-0.05, 0) is 61.5 Å². The summed E-state index contributed by atoms with van der Waals surface area (Å²) in [4.78, 5) is 18.2. The Kier molecular flexibility index (Phi) is 6.09. The third-order valence-electron chi connectivity index (χ3n) is 8.90. The van der Waals surface area contributed by atoms with E-state index < -0.39 is 5.82 Å². The Morgan fingerprint density at radius 1 is 1.02 bits per heavy atom. The molecule has 3 fully saturated rings. The summed E-state index contributed by atoms with van der Waals surface area (Å²) in [5, 5.41) is 20.9. The van der Waals surface area contributed by atoms with E-state index in [0.29, 0.717) is 41.8 Å². The summed E-state index contributed by atoms with van der Waals surface area (Å²) < 4.78 is 16.8. The number of hydrogen-bond acceptors (Lipinski definition) is 7. The molecule has 3 aliphatic rings. The van der Waals surface area contributed by atoms with Crippen LogP contribution in [0.3, 0.4) is 0 Å². The quantitative estimate of drug-likeness (QED) is 0.245. The number of guanidine groups is 1. The van der Waals surface area contributed by atoms with E-state index >= 15 is 4.39 Å². The molecule has 0 amide bonds. The summed E-state index contributed by atoms with van der Waals surface area (Å²) in [6.07, 6.45) is 1.88. The van der Waals surface area contributed by atoms with Crippen LogP contribution >= 0.6 is 11.6 Å². The van der Waals surface area contributed by atoms with Gasteiger partial charge in [0.15, 0.2) is 11.8 Å². The zero-order valence-corrected chi connectivity index (χ0v) is 23.7. The SMILES string of the molecule is CN(C)C1CN(c2nc(N3C[C@H]4CC[C@@H](C3)N4C(=N)N)c3cc(Cl)c(-c4cc(O)cc5ccccc45)c(F)c3n2)C1. The number of nitrogens with zero attached hydrogens (tertiary/aromatic N) is 6. The van der Waals surface area contributed by atoms with Crippen LogP contribution in [-0.2, 0) is 0 Å². The lowest BCUT2D eigenvalue weighted by molar-refractivity contribution is 0.245. The molecule has 4 aromatic rings. The van der Waals surface area contributed by atoms with Crippen LogP contribution in [0, 0.1) is 11.2 Å². The molecule has 11 heteroatoms. The maximum Gasteiger partial charge on any atom is 0.228 e. The molecule has 0 saturated carbocycles. The fourth-order valence-corrected chi connectivity index (χ4v) is 7.01. The van der Waals surface area contributed by atoms with Crippen molar-refractivity contribution in [2.45, 2.75) is 31.0 Å². The molecule has 7 rings (SSSR count). The number of rotatable bonds is 4. The van der Waals surface area contributed by atoms with Gasteiger partial charge < -0.3 is 30.4 Å². The van der Waals surface area contributed by atoms with Crippen LogP contribution < -0.4 is 15.5 Å². The second-order valence-corrected chi connectivity index (χ2v) is 12.0. The molecular formula is C30H32ClFN8O. The second-order valence-electron chi connectivity index (χ2n) is 11.6. The largest absolute Gasteiger partial charge is 0.508 e. The van der Waals surface area contributed by atoms with Gasteiger partial charge in [0.1, 0.15) is 17.1 Å². The molecular weight excluding hydrogens is 543 g/mol. The molecule has 1 aromatic heterocycles. The molecule has 4 N–H and O–H groups in total. The molecule has 212 valence electrons. The molecule has 0 radical (unpaired) electrons. The summed E-state index contributed by atoms with van der Waals surface area (Å²) >= 11 is 6.87. The maximum atomic E-state index is 16.8. The Morgan fingerprint density at radius 3 is 2.41 bits per heavy atom. The van der Waals surface area contributed by atoms with E-state index in [-0.39, 0.29) is 39.9 Å².